The summed E-state index contributed by atoms with van der Waals surface area (Å²) in [6.45, 7) is 19.9. The molecular weight excluding hydrogens is 701 g/mol. The van der Waals surface area contributed by atoms with Crippen LogP contribution in [0.3, 0.4) is 0 Å². The van der Waals surface area contributed by atoms with Crippen LogP contribution < -0.4 is 5.32 Å². The Morgan fingerprint density at radius 3 is 2.17 bits per heavy atom. The SMILES string of the molecule is CC(C)(C)OC(=O)NC1(c2ncc(-c3ccc(-c4cnc(-c5cnc(C67CC6CCN7C(=O)OC(C)(C)C)n5COCC[Si](C)(C)C)cn4)cc3)[nH]2)CC1. The molecule has 4 heterocycles. The maximum absolute atomic E-state index is 13.4. The van der Waals surface area contributed by atoms with Crippen molar-refractivity contribution in [1.29, 1.82) is 0 Å². The first-order valence-electron chi connectivity index (χ1n) is 19.0. The predicted octanol–water partition coefficient (Wildman–Crippen LogP) is 8.08. The normalized spacial score (nSPS) is 20.4. The van der Waals surface area contributed by atoms with Gasteiger partial charge in [-0.05, 0) is 84.8 Å². The quantitative estimate of drug-likeness (QED) is 0.114. The summed E-state index contributed by atoms with van der Waals surface area (Å²) in [6, 6.07) is 9.11. The van der Waals surface area contributed by atoms with Crippen LogP contribution in [0.15, 0.2) is 49.1 Å². The van der Waals surface area contributed by atoms with Crippen LogP contribution in [0.4, 0.5) is 9.59 Å². The molecule has 2 atom stereocenters. The van der Waals surface area contributed by atoms with Gasteiger partial charge < -0.3 is 29.1 Å². The first-order chi connectivity index (χ1) is 25.4. The summed E-state index contributed by atoms with van der Waals surface area (Å²) >= 11 is 0. The van der Waals surface area contributed by atoms with Crippen molar-refractivity contribution in [2.45, 2.75) is 122 Å². The topological polar surface area (TPSA) is 149 Å². The number of aromatic nitrogens is 6. The fourth-order valence-corrected chi connectivity index (χ4v) is 7.97. The van der Waals surface area contributed by atoms with E-state index in [0.29, 0.717) is 31.5 Å². The van der Waals surface area contributed by atoms with Gasteiger partial charge in [-0.15, -0.1) is 0 Å². The van der Waals surface area contributed by atoms with E-state index in [-0.39, 0.29) is 6.09 Å². The zero-order valence-corrected chi connectivity index (χ0v) is 34.1. The number of aromatic amines is 1. The lowest BCUT2D eigenvalue weighted by atomic mass is 10.1. The Balaban J connectivity index is 1.09. The van der Waals surface area contributed by atoms with Crippen LogP contribution >= 0.6 is 0 Å². The molecule has 4 aromatic rings. The lowest BCUT2D eigenvalue weighted by Crippen LogP contribution is -2.43. The number of rotatable bonds is 11. The number of carbonyl (C=O) groups is 2. The molecule has 2 N–H and O–H groups in total. The first-order valence-corrected chi connectivity index (χ1v) is 22.7. The second kappa shape index (κ2) is 13.6. The minimum atomic E-state index is -1.29. The monoisotopic (exact) mass is 754 g/mol. The van der Waals surface area contributed by atoms with Crippen molar-refractivity contribution >= 4 is 20.3 Å². The van der Waals surface area contributed by atoms with Gasteiger partial charge in [-0.2, -0.15) is 0 Å². The third kappa shape index (κ3) is 7.95. The van der Waals surface area contributed by atoms with Crippen LogP contribution in [0.25, 0.3) is 33.9 Å². The van der Waals surface area contributed by atoms with Crippen molar-refractivity contribution in [3.63, 3.8) is 0 Å². The van der Waals surface area contributed by atoms with Gasteiger partial charge in [-0.25, -0.2) is 19.6 Å². The number of alkyl carbamates (subject to hydrolysis) is 1. The number of fused-ring (bicyclic) bond motifs is 1. The average molecular weight is 755 g/mol. The van der Waals surface area contributed by atoms with Crippen LogP contribution in [0.2, 0.25) is 25.7 Å². The van der Waals surface area contributed by atoms with E-state index in [0.717, 1.165) is 71.6 Å². The smallest absolute Gasteiger partial charge is 0.411 e. The zero-order valence-electron chi connectivity index (χ0n) is 33.1. The molecule has 2 aliphatic carbocycles. The second-order valence-corrected chi connectivity index (χ2v) is 23.8. The number of benzene rings is 1. The minimum Gasteiger partial charge on any atom is -0.444 e. The molecule has 14 heteroatoms. The van der Waals surface area contributed by atoms with Crippen molar-refractivity contribution < 1.29 is 23.8 Å². The summed E-state index contributed by atoms with van der Waals surface area (Å²) in [5.41, 5.74) is 2.76. The van der Waals surface area contributed by atoms with Crippen LogP contribution in [0.5, 0.6) is 0 Å². The zero-order chi connectivity index (χ0) is 38.7. The number of hydrogen-bond acceptors (Lipinski definition) is 9. The average Bonchev–Trinajstić information content (AvgIpc) is 3.78. The fourth-order valence-electron chi connectivity index (χ4n) is 7.21. The van der Waals surface area contributed by atoms with Crippen LogP contribution in [-0.4, -0.2) is 79.0 Å². The number of imidazole rings is 2. The highest BCUT2D eigenvalue weighted by molar-refractivity contribution is 6.76. The molecule has 13 nitrogen and oxygen atoms in total. The molecule has 54 heavy (non-hydrogen) atoms. The Morgan fingerprint density at radius 2 is 1.56 bits per heavy atom. The highest BCUT2D eigenvalue weighted by Gasteiger charge is 2.67. The molecule has 3 aliphatic rings. The van der Waals surface area contributed by atoms with Crippen LogP contribution in [0, 0.1) is 5.92 Å². The lowest BCUT2D eigenvalue weighted by molar-refractivity contribution is 0.0143. The van der Waals surface area contributed by atoms with Crippen molar-refractivity contribution in [1.82, 2.24) is 39.7 Å². The summed E-state index contributed by atoms with van der Waals surface area (Å²) in [6.07, 6.45) is 9.80. The number of carbonyl (C=O) groups excluding carboxylic acids is 2. The maximum Gasteiger partial charge on any atom is 0.411 e. The number of amides is 2. The number of hydrogen-bond donors (Lipinski definition) is 2. The van der Waals surface area contributed by atoms with E-state index in [1.165, 1.54) is 0 Å². The Morgan fingerprint density at radius 1 is 0.889 bits per heavy atom. The maximum atomic E-state index is 13.4. The Kier molecular flexibility index (Phi) is 9.52. The van der Waals surface area contributed by atoms with Gasteiger partial charge in [0.1, 0.15) is 46.4 Å². The van der Waals surface area contributed by atoms with E-state index in [1.54, 1.807) is 18.6 Å². The minimum absolute atomic E-state index is 0.302. The third-order valence-electron chi connectivity index (χ3n) is 10.3. The molecule has 2 unspecified atom stereocenters. The van der Waals surface area contributed by atoms with Crippen LogP contribution in [0.1, 0.15) is 78.9 Å². The molecule has 288 valence electrons. The number of nitrogens with zero attached hydrogens (tertiary/aromatic N) is 6. The number of ether oxygens (including phenoxy) is 3. The number of H-pyrrole nitrogens is 1. The van der Waals surface area contributed by atoms with Gasteiger partial charge in [0, 0.05) is 26.8 Å². The molecule has 0 bridgehead atoms. The van der Waals surface area contributed by atoms with Gasteiger partial charge in [-0.1, -0.05) is 43.9 Å². The lowest BCUT2D eigenvalue weighted by Gasteiger charge is -2.31. The van der Waals surface area contributed by atoms with Gasteiger partial charge in [0.25, 0.3) is 0 Å². The van der Waals surface area contributed by atoms with E-state index in [9.17, 15) is 9.59 Å². The summed E-state index contributed by atoms with van der Waals surface area (Å²) in [7, 11) is -1.29. The summed E-state index contributed by atoms with van der Waals surface area (Å²) < 4.78 is 19.7. The largest absolute Gasteiger partial charge is 0.444 e. The first kappa shape index (κ1) is 37.7. The number of nitrogens with one attached hydrogen (secondary N) is 2. The van der Waals surface area contributed by atoms with E-state index < -0.39 is 36.4 Å². The number of piperidine rings is 1. The molecule has 2 saturated carbocycles. The van der Waals surface area contributed by atoms with Gasteiger partial charge in [0.05, 0.1) is 41.9 Å². The Labute approximate surface area is 318 Å². The van der Waals surface area contributed by atoms with E-state index in [4.69, 9.17) is 29.2 Å². The molecule has 1 aliphatic heterocycles. The second-order valence-electron chi connectivity index (χ2n) is 18.2. The highest BCUT2D eigenvalue weighted by atomic mass is 28.3. The third-order valence-corrected chi connectivity index (χ3v) is 12.0. The summed E-state index contributed by atoms with van der Waals surface area (Å²) in [5, 5.41) is 3.00. The van der Waals surface area contributed by atoms with E-state index in [1.807, 2.05) is 76.9 Å². The van der Waals surface area contributed by atoms with Crippen molar-refractivity contribution in [2.75, 3.05) is 13.2 Å². The molecule has 1 saturated heterocycles. The van der Waals surface area contributed by atoms with E-state index >= 15 is 0 Å². The van der Waals surface area contributed by atoms with Crippen molar-refractivity contribution in [3.8, 4) is 33.9 Å². The van der Waals surface area contributed by atoms with Gasteiger partial charge in [0.2, 0.25) is 0 Å². The Bertz CT molecular complexity index is 2000. The van der Waals surface area contributed by atoms with Crippen molar-refractivity contribution in [3.05, 3.63) is 60.7 Å². The highest BCUT2D eigenvalue weighted by Crippen LogP contribution is 2.62. The van der Waals surface area contributed by atoms with Gasteiger partial charge >= 0.3 is 12.2 Å². The fraction of sp³-hybridized carbons (Fsp3) is 0.550. The van der Waals surface area contributed by atoms with Crippen molar-refractivity contribution in [2.24, 2.45) is 5.92 Å². The summed E-state index contributed by atoms with van der Waals surface area (Å²) in [5.74, 6) is 1.87. The Hall–Kier alpha value is -4.56. The molecule has 3 aromatic heterocycles. The molecular formula is C40H54N8O5Si. The van der Waals surface area contributed by atoms with Crippen LogP contribution in [-0.2, 0) is 32.0 Å². The van der Waals surface area contributed by atoms with Gasteiger partial charge in [-0.3, -0.25) is 14.9 Å². The van der Waals surface area contributed by atoms with Gasteiger partial charge in [0.15, 0.2) is 0 Å². The molecule has 0 radical (unpaired) electrons. The molecule has 2 amide bonds. The van der Waals surface area contributed by atoms with E-state index in [2.05, 4.69) is 39.5 Å². The standard InChI is InChI=1S/C40H54N8O5Si/c1-37(2,3)52-35(49)46-39(15-16-39)33-43-22-30(45-33)27-12-10-26(11-13-27)29-21-42-31(23-41-29)32-24-44-34(47(32)25-51-18-19-54(7,8)9)40-20-28(40)14-17-48(40)36(50)53-38(4,5)6/h10-13,21-24,28H,14-20,25H2,1-9H3,(H,43,45)(H,46,49). The molecule has 7 rings (SSSR count). The predicted molar refractivity (Wildman–Crippen MR) is 208 cm³/mol. The number of likely N-dealkylation sites (tertiary alicyclic amines) is 1. The molecule has 0 spiro atoms. The molecule has 3 fully saturated rings. The summed E-state index contributed by atoms with van der Waals surface area (Å²) in [4.78, 5) is 50.4. The molecule has 1 aromatic carbocycles.